The van der Waals surface area contributed by atoms with Crippen LogP contribution in [0.3, 0.4) is 0 Å². The van der Waals surface area contributed by atoms with E-state index in [4.69, 9.17) is 19.4 Å². The average Bonchev–Trinajstić information content (AvgIpc) is 3.17. The van der Waals surface area contributed by atoms with Crippen LogP contribution in [0.15, 0.2) is 54.6 Å². The molecule has 1 aliphatic rings. The Morgan fingerprint density at radius 3 is 2.54 bits per heavy atom. The molecule has 1 aliphatic heterocycles. The Balaban J connectivity index is 1.40. The van der Waals surface area contributed by atoms with Gasteiger partial charge in [-0.05, 0) is 42.7 Å². The van der Waals surface area contributed by atoms with Crippen LogP contribution >= 0.6 is 0 Å². The van der Waals surface area contributed by atoms with E-state index in [0.717, 1.165) is 24.9 Å². The number of hydroxylamine groups is 2. The largest absolute Gasteiger partial charge is 0.492 e. The smallest absolute Gasteiger partial charge is 0.335 e. The first-order valence-electron chi connectivity index (χ1n) is 9.17. The van der Waals surface area contributed by atoms with Crippen molar-refractivity contribution in [2.24, 2.45) is 0 Å². The van der Waals surface area contributed by atoms with E-state index < -0.39 is 11.9 Å². The monoisotopic (exact) mass is 385 g/mol. The third-order valence-corrected chi connectivity index (χ3v) is 4.46. The number of aromatic carboxylic acids is 1. The van der Waals surface area contributed by atoms with E-state index in [2.05, 4.69) is 0 Å². The third kappa shape index (κ3) is 5.80. The number of esters is 1. The maximum atomic E-state index is 11.9. The molecule has 0 bridgehead atoms. The van der Waals surface area contributed by atoms with Gasteiger partial charge in [-0.3, -0.25) is 4.84 Å². The number of benzene rings is 2. The van der Waals surface area contributed by atoms with Crippen molar-refractivity contribution in [2.75, 3.05) is 19.8 Å². The summed E-state index contributed by atoms with van der Waals surface area (Å²) < 4.78 is 10.9. The van der Waals surface area contributed by atoms with Gasteiger partial charge in [-0.2, -0.15) is 5.06 Å². The molecule has 0 spiro atoms. The Morgan fingerprint density at radius 2 is 1.82 bits per heavy atom. The van der Waals surface area contributed by atoms with Crippen molar-refractivity contribution >= 4 is 11.9 Å². The van der Waals surface area contributed by atoms with Gasteiger partial charge >= 0.3 is 11.9 Å². The zero-order chi connectivity index (χ0) is 19.8. The fourth-order valence-electron chi connectivity index (χ4n) is 2.95. The van der Waals surface area contributed by atoms with Crippen molar-refractivity contribution in [1.82, 2.24) is 5.06 Å². The minimum Gasteiger partial charge on any atom is -0.492 e. The van der Waals surface area contributed by atoms with Crippen molar-refractivity contribution in [2.45, 2.75) is 25.5 Å². The Bertz CT molecular complexity index is 777. The number of nitrogens with zero attached hydrogens (tertiary/aromatic N) is 1. The Labute approximate surface area is 163 Å². The zero-order valence-corrected chi connectivity index (χ0v) is 15.5. The van der Waals surface area contributed by atoms with Gasteiger partial charge in [0, 0.05) is 6.54 Å². The molecule has 0 saturated carbocycles. The summed E-state index contributed by atoms with van der Waals surface area (Å²) >= 11 is 0. The first-order valence-corrected chi connectivity index (χ1v) is 9.17. The summed E-state index contributed by atoms with van der Waals surface area (Å²) in [5.41, 5.74) is 1.14. The van der Waals surface area contributed by atoms with Gasteiger partial charge in [0.1, 0.15) is 19.0 Å². The number of hydrogen-bond acceptors (Lipinski definition) is 6. The third-order valence-electron chi connectivity index (χ3n) is 4.46. The van der Waals surface area contributed by atoms with Crippen molar-refractivity contribution < 1.29 is 29.0 Å². The van der Waals surface area contributed by atoms with E-state index in [0.29, 0.717) is 12.4 Å². The molecule has 3 rings (SSSR count). The van der Waals surface area contributed by atoms with Crippen LogP contribution in [0.2, 0.25) is 0 Å². The van der Waals surface area contributed by atoms with E-state index in [1.807, 2.05) is 30.3 Å². The molecule has 2 aromatic carbocycles. The molecule has 7 heteroatoms. The van der Waals surface area contributed by atoms with E-state index in [1.54, 1.807) is 17.2 Å². The second-order valence-corrected chi connectivity index (χ2v) is 6.50. The van der Waals surface area contributed by atoms with Crippen LogP contribution in [0.1, 0.15) is 28.8 Å². The Hall–Kier alpha value is -2.90. The van der Waals surface area contributed by atoms with E-state index in [-0.39, 0.29) is 24.8 Å². The van der Waals surface area contributed by atoms with E-state index in [9.17, 15) is 9.59 Å². The average molecular weight is 385 g/mol. The minimum absolute atomic E-state index is 0.0288. The predicted octanol–water partition coefficient (Wildman–Crippen LogP) is 2.90. The van der Waals surface area contributed by atoms with Gasteiger partial charge in [0.15, 0.2) is 6.61 Å². The lowest BCUT2D eigenvalue weighted by molar-refractivity contribution is -0.193. The second-order valence-electron chi connectivity index (χ2n) is 6.50. The maximum absolute atomic E-state index is 11.9. The molecule has 1 heterocycles. The van der Waals surface area contributed by atoms with Gasteiger partial charge in [-0.15, -0.1) is 0 Å². The lowest BCUT2D eigenvalue weighted by Crippen LogP contribution is -2.36. The summed E-state index contributed by atoms with van der Waals surface area (Å²) in [4.78, 5) is 28.4. The summed E-state index contributed by atoms with van der Waals surface area (Å²) in [5.74, 6) is -0.792. The fraction of sp³-hybridized carbons (Fsp3) is 0.333. The lowest BCUT2D eigenvalue weighted by Gasteiger charge is -2.23. The molecule has 1 saturated heterocycles. The molecule has 0 radical (unpaired) electrons. The summed E-state index contributed by atoms with van der Waals surface area (Å²) in [5, 5.41) is 10.7. The number of rotatable bonds is 9. The zero-order valence-electron chi connectivity index (χ0n) is 15.5. The molecule has 0 amide bonds. The topological polar surface area (TPSA) is 85.3 Å². The van der Waals surface area contributed by atoms with Crippen molar-refractivity contribution in [3.05, 3.63) is 65.7 Å². The second kappa shape index (κ2) is 9.87. The number of carbonyl (C=O) groups excluding carboxylic acids is 1. The molecular formula is C21H23NO6. The fourth-order valence-corrected chi connectivity index (χ4v) is 2.95. The summed E-state index contributed by atoms with van der Waals surface area (Å²) in [6.07, 6.45) is 1.84. The molecule has 2 aromatic rings. The van der Waals surface area contributed by atoms with Gasteiger partial charge in [0.2, 0.25) is 0 Å². The van der Waals surface area contributed by atoms with Gasteiger partial charge in [0.25, 0.3) is 0 Å². The van der Waals surface area contributed by atoms with Gasteiger partial charge in [-0.25, -0.2) is 9.59 Å². The molecule has 7 nitrogen and oxygen atoms in total. The number of carbonyl (C=O) groups is 2. The summed E-state index contributed by atoms with van der Waals surface area (Å²) in [6, 6.07) is 15.8. The van der Waals surface area contributed by atoms with Gasteiger partial charge < -0.3 is 14.6 Å². The Kier molecular flexibility index (Phi) is 7.00. The quantitative estimate of drug-likeness (QED) is 0.664. The highest BCUT2D eigenvalue weighted by molar-refractivity contribution is 5.87. The van der Waals surface area contributed by atoms with Crippen LogP contribution in [0.25, 0.3) is 0 Å². The molecule has 0 aromatic heterocycles. The number of carboxylic acids is 1. The van der Waals surface area contributed by atoms with E-state index >= 15 is 0 Å². The van der Waals surface area contributed by atoms with Crippen molar-refractivity contribution in [3.63, 3.8) is 0 Å². The van der Waals surface area contributed by atoms with Crippen LogP contribution in [0, 0.1) is 0 Å². The first kappa shape index (κ1) is 19.9. The van der Waals surface area contributed by atoms with Crippen LogP contribution in [-0.4, -0.2) is 47.9 Å². The van der Waals surface area contributed by atoms with Crippen molar-refractivity contribution in [3.8, 4) is 5.75 Å². The lowest BCUT2D eigenvalue weighted by atomic mass is 10.2. The standard InChI is InChI=1S/C21H23NO6/c23-20(27-13-16-5-2-1-3-6-16)15-28-22-12-4-7-18(22)14-26-19-10-8-17(9-11-19)21(24)25/h1-3,5-6,8-11,18H,4,7,12-15H2,(H,24,25)/t18-/m0/s1. The van der Waals surface area contributed by atoms with E-state index in [1.165, 1.54) is 12.1 Å². The predicted molar refractivity (Wildman–Crippen MR) is 101 cm³/mol. The molecule has 1 N–H and O–H groups in total. The molecule has 148 valence electrons. The normalized spacial score (nSPS) is 16.6. The summed E-state index contributed by atoms with van der Waals surface area (Å²) in [6.45, 7) is 1.20. The summed E-state index contributed by atoms with van der Waals surface area (Å²) in [7, 11) is 0. The molecule has 1 fully saturated rings. The molecule has 0 unspecified atom stereocenters. The van der Waals surface area contributed by atoms with Crippen LogP contribution in [0.5, 0.6) is 5.75 Å². The molecular weight excluding hydrogens is 362 g/mol. The first-order chi connectivity index (χ1) is 13.6. The van der Waals surface area contributed by atoms with Crippen LogP contribution in [-0.2, 0) is 21.0 Å². The van der Waals surface area contributed by atoms with Gasteiger partial charge in [-0.1, -0.05) is 30.3 Å². The molecule has 0 aliphatic carbocycles. The van der Waals surface area contributed by atoms with Crippen LogP contribution < -0.4 is 4.74 Å². The number of hydrogen-bond donors (Lipinski definition) is 1. The SMILES string of the molecule is O=C(CON1CCC[C@H]1COc1ccc(C(=O)O)cc1)OCc1ccccc1. The molecule has 1 atom stereocenters. The maximum Gasteiger partial charge on any atom is 0.335 e. The number of carboxylic acid groups (broad SMARTS) is 1. The minimum atomic E-state index is -0.971. The Morgan fingerprint density at radius 1 is 1.07 bits per heavy atom. The van der Waals surface area contributed by atoms with Gasteiger partial charge in [0.05, 0.1) is 11.6 Å². The van der Waals surface area contributed by atoms with Crippen molar-refractivity contribution in [1.29, 1.82) is 0 Å². The highest BCUT2D eigenvalue weighted by Gasteiger charge is 2.27. The van der Waals surface area contributed by atoms with Crippen LogP contribution in [0.4, 0.5) is 0 Å². The molecule has 28 heavy (non-hydrogen) atoms. The number of ether oxygens (including phenoxy) is 2. The highest BCUT2D eigenvalue weighted by Crippen LogP contribution is 2.20. The highest BCUT2D eigenvalue weighted by atomic mass is 16.7.